The van der Waals surface area contributed by atoms with Crippen LogP contribution in [0.3, 0.4) is 0 Å². The molecule has 0 saturated carbocycles. The number of phenolic OH excluding ortho intramolecular Hbond substituents is 1. The van der Waals surface area contributed by atoms with Gasteiger partial charge in [-0.05, 0) is 36.4 Å². The summed E-state index contributed by atoms with van der Waals surface area (Å²) in [7, 11) is 3.81. The van der Waals surface area contributed by atoms with Gasteiger partial charge in [0.2, 0.25) is 0 Å². The van der Waals surface area contributed by atoms with E-state index in [1.807, 2.05) is 31.1 Å². The Morgan fingerprint density at radius 2 is 1.95 bits per heavy atom. The first kappa shape index (κ1) is 14.2. The maximum absolute atomic E-state index is 12.2. The molecule has 2 aromatic rings. The number of carbonyl (C=O) groups excluding carboxylic acids is 1. The van der Waals surface area contributed by atoms with E-state index in [-0.39, 0.29) is 17.3 Å². The summed E-state index contributed by atoms with van der Waals surface area (Å²) in [4.78, 5) is 14.1. The van der Waals surface area contributed by atoms with Crippen LogP contribution in [0.15, 0.2) is 42.5 Å². The number of rotatable bonds is 3. The maximum atomic E-state index is 12.2. The van der Waals surface area contributed by atoms with Gasteiger partial charge in [-0.3, -0.25) is 4.79 Å². The van der Waals surface area contributed by atoms with Crippen molar-refractivity contribution < 1.29 is 9.90 Å². The van der Waals surface area contributed by atoms with Crippen molar-refractivity contribution >= 4 is 28.9 Å². The number of nitrogens with one attached hydrogen (secondary N) is 1. The highest BCUT2D eigenvalue weighted by molar-refractivity contribution is 6.31. The third-order valence-corrected chi connectivity index (χ3v) is 3.07. The molecule has 0 atom stereocenters. The number of anilines is 2. The molecular weight excluding hydrogens is 276 g/mol. The number of amides is 1. The van der Waals surface area contributed by atoms with Gasteiger partial charge in [-0.1, -0.05) is 17.7 Å². The summed E-state index contributed by atoms with van der Waals surface area (Å²) in [6, 6.07) is 11.7. The van der Waals surface area contributed by atoms with Crippen molar-refractivity contribution in [3.63, 3.8) is 0 Å². The summed E-state index contributed by atoms with van der Waals surface area (Å²) in [5.74, 6) is -0.321. The molecule has 0 aliphatic rings. The molecule has 0 radical (unpaired) electrons. The van der Waals surface area contributed by atoms with Gasteiger partial charge in [0, 0.05) is 30.4 Å². The predicted molar refractivity (Wildman–Crippen MR) is 81.8 cm³/mol. The van der Waals surface area contributed by atoms with E-state index in [1.165, 1.54) is 12.1 Å². The van der Waals surface area contributed by atoms with Gasteiger partial charge in [-0.2, -0.15) is 0 Å². The molecule has 1 amide bonds. The van der Waals surface area contributed by atoms with Gasteiger partial charge < -0.3 is 15.3 Å². The van der Waals surface area contributed by atoms with E-state index in [4.69, 9.17) is 11.6 Å². The van der Waals surface area contributed by atoms with Gasteiger partial charge >= 0.3 is 0 Å². The number of carbonyl (C=O) groups is 1. The summed E-state index contributed by atoms with van der Waals surface area (Å²) in [6.07, 6.45) is 0. The Morgan fingerprint density at radius 3 is 2.65 bits per heavy atom. The van der Waals surface area contributed by atoms with E-state index in [2.05, 4.69) is 5.32 Å². The van der Waals surface area contributed by atoms with Crippen molar-refractivity contribution in [1.29, 1.82) is 0 Å². The van der Waals surface area contributed by atoms with Crippen LogP contribution >= 0.6 is 11.6 Å². The average molecular weight is 291 g/mol. The normalized spacial score (nSPS) is 10.2. The summed E-state index contributed by atoms with van der Waals surface area (Å²) < 4.78 is 0. The Labute approximate surface area is 122 Å². The maximum Gasteiger partial charge on any atom is 0.255 e. The third kappa shape index (κ3) is 3.22. The fourth-order valence-corrected chi connectivity index (χ4v) is 1.90. The molecule has 0 fully saturated rings. The Kier molecular flexibility index (Phi) is 4.15. The van der Waals surface area contributed by atoms with E-state index in [9.17, 15) is 9.90 Å². The number of nitrogens with zero attached hydrogens (tertiary/aromatic N) is 1. The van der Waals surface area contributed by atoms with Gasteiger partial charge in [-0.15, -0.1) is 0 Å². The van der Waals surface area contributed by atoms with Gasteiger partial charge in [0.1, 0.15) is 5.75 Å². The van der Waals surface area contributed by atoms with Crippen LogP contribution in [-0.2, 0) is 0 Å². The van der Waals surface area contributed by atoms with Crippen molar-refractivity contribution in [2.45, 2.75) is 0 Å². The zero-order chi connectivity index (χ0) is 14.7. The molecule has 4 nitrogen and oxygen atoms in total. The van der Waals surface area contributed by atoms with Crippen molar-refractivity contribution in [3.05, 3.63) is 53.1 Å². The molecule has 0 heterocycles. The summed E-state index contributed by atoms with van der Waals surface area (Å²) in [5.41, 5.74) is 1.72. The topological polar surface area (TPSA) is 52.6 Å². The molecule has 2 aromatic carbocycles. The second kappa shape index (κ2) is 5.84. The van der Waals surface area contributed by atoms with E-state index in [0.29, 0.717) is 10.6 Å². The second-order valence-corrected chi connectivity index (χ2v) is 5.00. The van der Waals surface area contributed by atoms with Gasteiger partial charge in [0.05, 0.1) is 5.69 Å². The standard InChI is InChI=1S/C15H15ClN2O2/c1-18(2)12-5-3-4-10(8-12)15(20)17-13-9-11(16)6-7-14(13)19/h3-9,19H,1-2H3,(H,17,20). The zero-order valence-electron chi connectivity index (χ0n) is 11.2. The molecule has 0 aliphatic carbocycles. The Balaban J connectivity index is 2.24. The molecule has 0 saturated heterocycles. The van der Waals surface area contributed by atoms with Crippen LogP contribution in [0.1, 0.15) is 10.4 Å². The average Bonchev–Trinajstić information content (AvgIpc) is 2.43. The predicted octanol–water partition coefficient (Wildman–Crippen LogP) is 3.36. The summed E-state index contributed by atoms with van der Waals surface area (Å²) >= 11 is 5.84. The largest absolute Gasteiger partial charge is 0.506 e. The van der Waals surface area contributed by atoms with Crippen molar-refractivity contribution in [1.82, 2.24) is 0 Å². The molecule has 2 N–H and O–H groups in total. The molecule has 2 rings (SSSR count). The third-order valence-electron chi connectivity index (χ3n) is 2.83. The highest BCUT2D eigenvalue weighted by Crippen LogP contribution is 2.27. The molecule has 5 heteroatoms. The van der Waals surface area contributed by atoms with Crippen molar-refractivity contribution in [2.24, 2.45) is 0 Å². The minimum Gasteiger partial charge on any atom is -0.506 e. The smallest absolute Gasteiger partial charge is 0.255 e. The van der Waals surface area contributed by atoms with Gasteiger partial charge in [-0.25, -0.2) is 0 Å². The first-order chi connectivity index (χ1) is 9.47. The van der Waals surface area contributed by atoms with Crippen LogP contribution in [0.4, 0.5) is 11.4 Å². The van der Waals surface area contributed by atoms with Crippen LogP contribution in [0, 0.1) is 0 Å². The lowest BCUT2D eigenvalue weighted by Gasteiger charge is -2.13. The molecular formula is C15H15ClN2O2. The highest BCUT2D eigenvalue weighted by Gasteiger charge is 2.10. The Morgan fingerprint density at radius 1 is 1.20 bits per heavy atom. The summed E-state index contributed by atoms with van der Waals surface area (Å²) in [6.45, 7) is 0. The number of hydrogen-bond acceptors (Lipinski definition) is 3. The van der Waals surface area contributed by atoms with Crippen LogP contribution in [0.5, 0.6) is 5.75 Å². The fraction of sp³-hybridized carbons (Fsp3) is 0.133. The molecule has 20 heavy (non-hydrogen) atoms. The van der Waals surface area contributed by atoms with E-state index < -0.39 is 0 Å². The lowest BCUT2D eigenvalue weighted by molar-refractivity contribution is 0.102. The minimum absolute atomic E-state index is 0.0217. The monoisotopic (exact) mass is 290 g/mol. The lowest BCUT2D eigenvalue weighted by atomic mass is 10.1. The van der Waals surface area contributed by atoms with Crippen LogP contribution in [0.2, 0.25) is 5.02 Å². The van der Waals surface area contributed by atoms with Crippen LogP contribution in [-0.4, -0.2) is 25.1 Å². The Hall–Kier alpha value is -2.20. The fourth-order valence-electron chi connectivity index (χ4n) is 1.73. The van der Waals surface area contributed by atoms with Crippen LogP contribution in [0.25, 0.3) is 0 Å². The molecule has 0 unspecified atom stereocenters. The number of halogens is 1. The minimum atomic E-state index is -0.300. The first-order valence-electron chi connectivity index (χ1n) is 6.04. The first-order valence-corrected chi connectivity index (χ1v) is 6.42. The van der Waals surface area contributed by atoms with Gasteiger partial charge in [0.15, 0.2) is 0 Å². The quantitative estimate of drug-likeness (QED) is 0.852. The second-order valence-electron chi connectivity index (χ2n) is 4.56. The van der Waals surface area contributed by atoms with E-state index in [0.717, 1.165) is 5.69 Å². The molecule has 104 valence electrons. The van der Waals surface area contributed by atoms with Gasteiger partial charge in [0.25, 0.3) is 5.91 Å². The number of aromatic hydroxyl groups is 1. The molecule has 0 aliphatic heterocycles. The zero-order valence-corrected chi connectivity index (χ0v) is 12.0. The number of benzene rings is 2. The number of hydrogen-bond donors (Lipinski definition) is 2. The molecule has 0 bridgehead atoms. The van der Waals surface area contributed by atoms with Crippen molar-refractivity contribution in [2.75, 3.05) is 24.3 Å². The number of phenols is 1. The van der Waals surface area contributed by atoms with Crippen molar-refractivity contribution in [3.8, 4) is 5.75 Å². The SMILES string of the molecule is CN(C)c1cccc(C(=O)Nc2cc(Cl)ccc2O)c1. The lowest BCUT2D eigenvalue weighted by Crippen LogP contribution is -2.14. The highest BCUT2D eigenvalue weighted by atomic mass is 35.5. The molecule has 0 aromatic heterocycles. The Bertz CT molecular complexity index is 642. The van der Waals surface area contributed by atoms with E-state index >= 15 is 0 Å². The molecule has 0 spiro atoms. The van der Waals surface area contributed by atoms with Crippen LogP contribution < -0.4 is 10.2 Å². The van der Waals surface area contributed by atoms with E-state index in [1.54, 1.807) is 18.2 Å². The summed E-state index contributed by atoms with van der Waals surface area (Å²) in [5, 5.41) is 12.8.